The maximum atomic E-state index is 11.7. The molecular weight excluding hydrogens is 312 g/mol. The second-order valence-electron chi connectivity index (χ2n) is 6.24. The lowest BCUT2D eigenvalue weighted by Gasteiger charge is -2.07. The third kappa shape index (κ3) is 7.88. The normalized spacial score (nSPS) is 10.4. The number of hydrogen-bond acceptors (Lipinski definition) is 3. The summed E-state index contributed by atoms with van der Waals surface area (Å²) >= 11 is 0. The van der Waals surface area contributed by atoms with Crippen LogP contribution in [0.4, 0.5) is 4.79 Å². The highest BCUT2D eigenvalue weighted by Gasteiger charge is 2.06. The van der Waals surface area contributed by atoms with E-state index in [0.29, 0.717) is 12.4 Å². The smallest absolute Gasteiger partial charge is 0.434 e. The third-order valence-corrected chi connectivity index (χ3v) is 4.12. The van der Waals surface area contributed by atoms with Crippen molar-refractivity contribution in [1.29, 1.82) is 0 Å². The Labute approximate surface area is 151 Å². The Kier molecular flexibility index (Phi) is 8.60. The topological polar surface area (TPSA) is 35.5 Å². The first kappa shape index (κ1) is 19.0. The van der Waals surface area contributed by atoms with Crippen LogP contribution in [0.5, 0.6) is 5.75 Å². The third-order valence-electron chi connectivity index (χ3n) is 4.12. The average molecular weight is 340 g/mol. The molecule has 134 valence electrons. The molecule has 0 aliphatic rings. The zero-order chi connectivity index (χ0) is 17.7. The van der Waals surface area contributed by atoms with Crippen LogP contribution < -0.4 is 4.74 Å². The molecule has 2 rings (SSSR count). The second-order valence-corrected chi connectivity index (χ2v) is 6.24. The molecule has 0 atom stereocenters. The molecule has 0 amide bonds. The van der Waals surface area contributed by atoms with E-state index >= 15 is 0 Å². The van der Waals surface area contributed by atoms with E-state index in [0.717, 1.165) is 32.1 Å². The lowest BCUT2D eigenvalue weighted by atomic mass is 10.1. The molecule has 2 aromatic carbocycles. The van der Waals surface area contributed by atoms with E-state index in [4.69, 9.17) is 9.47 Å². The minimum atomic E-state index is -0.621. The number of unbranched alkanes of at least 4 members (excludes halogenated alkanes) is 3. The summed E-state index contributed by atoms with van der Waals surface area (Å²) in [6.45, 7) is 2.58. The van der Waals surface area contributed by atoms with Crippen molar-refractivity contribution in [1.82, 2.24) is 0 Å². The minimum Gasteiger partial charge on any atom is -0.434 e. The second kappa shape index (κ2) is 11.3. The lowest BCUT2D eigenvalue weighted by Crippen LogP contribution is -2.11. The van der Waals surface area contributed by atoms with Crippen LogP contribution >= 0.6 is 0 Å². The van der Waals surface area contributed by atoms with Gasteiger partial charge in [0.25, 0.3) is 0 Å². The molecule has 0 aliphatic heterocycles. The Morgan fingerprint density at radius 1 is 0.800 bits per heavy atom. The molecule has 0 aliphatic carbocycles. The minimum absolute atomic E-state index is 0.405. The maximum absolute atomic E-state index is 11.7. The molecule has 0 N–H and O–H groups in total. The SMILES string of the molecule is CCCCc1ccc(OC(=O)OCCCCCc2ccccc2)cc1. The summed E-state index contributed by atoms with van der Waals surface area (Å²) in [4.78, 5) is 11.7. The van der Waals surface area contributed by atoms with Gasteiger partial charge in [-0.05, 0) is 61.8 Å². The lowest BCUT2D eigenvalue weighted by molar-refractivity contribution is 0.0973. The summed E-state index contributed by atoms with van der Waals surface area (Å²) in [5.41, 5.74) is 2.62. The summed E-state index contributed by atoms with van der Waals surface area (Å²) in [5, 5.41) is 0. The van der Waals surface area contributed by atoms with E-state index in [9.17, 15) is 4.79 Å². The molecule has 0 radical (unpaired) electrons. The van der Waals surface area contributed by atoms with Crippen LogP contribution in [0.25, 0.3) is 0 Å². The summed E-state index contributed by atoms with van der Waals surface area (Å²) in [6.07, 6.45) is 6.85. The molecule has 0 saturated carbocycles. The van der Waals surface area contributed by atoms with Crippen molar-refractivity contribution in [2.45, 2.75) is 51.9 Å². The number of aryl methyl sites for hydroxylation is 2. The Morgan fingerprint density at radius 2 is 1.48 bits per heavy atom. The highest BCUT2D eigenvalue weighted by atomic mass is 16.7. The molecule has 0 spiro atoms. The van der Waals surface area contributed by atoms with Crippen LogP contribution in [0.3, 0.4) is 0 Å². The van der Waals surface area contributed by atoms with Crippen molar-refractivity contribution in [3.63, 3.8) is 0 Å². The van der Waals surface area contributed by atoms with Gasteiger partial charge in [0.15, 0.2) is 0 Å². The maximum Gasteiger partial charge on any atom is 0.513 e. The van der Waals surface area contributed by atoms with E-state index in [1.54, 1.807) is 0 Å². The van der Waals surface area contributed by atoms with Crippen molar-refractivity contribution in [3.8, 4) is 5.75 Å². The predicted molar refractivity (Wildman–Crippen MR) is 101 cm³/mol. The van der Waals surface area contributed by atoms with Crippen LogP contribution in [0, 0.1) is 0 Å². The van der Waals surface area contributed by atoms with Crippen LogP contribution in [-0.4, -0.2) is 12.8 Å². The highest BCUT2D eigenvalue weighted by Crippen LogP contribution is 2.14. The van der Waals surface area contributed by atoms with Crippen molar-refractivity contribution >= 4 is 6.16 Å². The van der Waals surface area contributed by atoms with Gasteiger partial charge in [-0.3, -0.25) is 0 Å². The van der Waals surface area contributed by atoms with Crippen molar-refractivity contribution in [2.24, 2.45) is 0 Å². The van der Waals surface area contributed by atoms with Gasteiger partial charge in [0.1, 0.15) is 5.75 Å². The van der Waals surface area contributed by atoms with Gasteiger partial charge >= 0.3 is 6.16 Å². The molecule has 0 aromatic heterocycles. The Morgan fingerprint density at radius 3 is 2.20 bits per heavy atom. The molecule has 25 heavy (non-hydrogen) atoms. The van der Waals surface area contributed by atoms with E-state index in [1.807, 2.05) is 30.3 Å². The standard InChI is InChI=1S/C22H28O3/c1-2-3-10-20-14-16-21(17-15-20)25-22(23)24-18-9-5-8-13-19-11-6-4-7-12-19/h4,6-7,11-12,14-17H,2-3,5,8-10,13,18H2,1H3. The molecule has 0 fully saturated rings. The number of hydrogen-bond donors (Lipinski definition) is 0. The van der Waals surface area contributed by atoms with E-state index in [-0.39, 0.29) is 0 Å². The molecule has 0 unspecified atom stereocenters. The van der Waals surface area contributed by atoms with Crippen molar-refractivity contribution in [2.75, 3.05) is 6.61 Å². The van der Waals surface area contributed by atoms with Gasteiger partial charge in [0.05, 0.1) is 6.61 Å². The van der Waals surface area contributed by atoms with Crippen LogP contribution in [-0.2, 0) is 17.6 Å². The zero-order valence-electron chi connectivity index (χ0n) is 15.1. The molecule has 0 bridgehead atoms. The Balaban J connectivity index is 1.56. The summed E-state index contributed by atoms with van der Waals surface area (Å²) in [5.74, 6) is 0.536. The fraction of sp³-hybridized carbons (Fsp3) is 0.409. The molecular formula is C22H28O3. The van der Waals surface area contributed by atoms with Gasteiger partial charge in [-0.2, -0.15) is 0 Å². The average Bonchev–Trinajstić information content (AvgIpc) is 2.65. The van der Waals surface area contributed by atoms with Crippen molar-refractivity contribution < 1.29 is 14.3 Å². The first-order chi connectivity index (χ1) is 12.3. The van der Waals surface area contributed by atoms with Crippen LogP contribution in [0.2, 0.25) is 0 Å². The molecule has 2 aromatic rings. The number of carbonyl (C=O) groups is 1. The Bertz CT molecular complexity index is 605. The fourth-order valence-electron chi connectivity index (χ4n) is 2.64. The summed E-state index contributed by atoms with van der Waals surface area (Å²) in [6, 6.07) is 18.1. The van der Waals surface area contributed by atoms with E-state index in [1.165, 1.54) is 24.0 Å². The first-order valence-electron chi connectivity index (χ1n) is 9.25. The van der Waals surface area contributed by atoms with Crippen molar-refractivity contribution in [3.05, 3.63) is 65.7 Å². The van der Waals surface area contributed by atoms with Crippen LogP contribution in [0.1, 0.15) is 50.2 Å². The van der Waals surface area contributed by atoms with Gasteiger partial charge in [-0.25, -0.2) is 4.79 Å². The fourth-order valence-corrected chi connectivity index (χ4v) is 2.64. The Hall–Kier alpha value is -2.29. The highest BCUT2D eigenvalue weighted by molar-refractivity contribution is 5.63. The number of rotatable bonds is 10. The van der Waals surface area contributed by atoms with Crippen LogP contribution in [0.15, 0.2) is 54.6 Å². The first-order valence-corrected chi connectivity index (χ1v) is 9.25. The monoisotopic (exact) mass is 340 g/mol. The van der Waals surface area contributed by atoms with Gasteiger partial charge in [-0.15, -0.1) is 0 Å². The molecule has 0 saturated heterocycles. The predicted octanol–water partition coefficient (Wildman–Crippen LogP) is 5.96. The van der Waals surface area contributed by atoms with Gasteiger partial charge in [-0.1, -0.05) is 55.8 Å². The summed E-state index contributed by atoms with van der Waals surface area (Å²) in [7, 11) is 0. The zero-order valence-corrected chi connectivity index (χ0v) is 15.1. The van der Waals surface area contributed by atoms with E-state index in [2.05, 4.69) is 31.2 Å². The molecule has 3 nitrogen and oxygen atoms in total. The number of benzene rings is 2. The summed E-state index contributed by atoms with van der Waals surface area (Å²) < 4.78 is 10.3. The van der Waals surface area contributed by atoms with Gasteiger partial charge in [0.2, 0.25) is 0 Å². The largest absolute Gasteiger partial charge is 0.513 e. The number of carbonyl (C=O) groups excluding carboxylic acids is 1. The van der Waals surface area contributed by atoms with Gasteiger partial charge in [0, 0.05) is 0 Å². The van der Waals surface area contributed by atoms with Gasteiger partial charge < -0.3 is 9.47 Å². The van der Waals surface area contributed by atoms with E-state index < -0.39 is 6.16 Å². The number of ether oxygens (including phenoxy) is 2. The quantitative estimate of drug-likeness (QED) is 0.304. The molecule has 3 heteroatoms. The molecule has 0 heterocycles.